The monoisotopic (exact) mass is 304 g/mol. The van der Waals surface area contributed by atoms with Gasteiger partial charge in [-0.2, -0.15) is 5.26 Å². The summed E-state index contributed by atoms with van der Waals surface area (Å²) in [5.41, 5.74) is 6.47. The number of nitrogens with one attached hydrogen (secondary N) is 1. The first kappa shape index (κ1) is 14.9. The second-order valence-corrected chi connectivity index (χ2v) is 5.53. The quantitative estimate of drug-likeness (QED) is 0.875. The lowest BCUT2D eigenvalue weighted by molar-refractivity contribution is 0.0968. The molecule has 0 spiro atoms. The predicted molar refractivity (Wildman–Crippen MR) is 82.2 cm³/mol. The highest BCUT2D eigenvalue weighted by Gasteiger charge is 2.23. The van der Waals surface area contributed by atoms with E-state index in [1.165, 1.54) is 18.4 Å². The lowest BCUT2D eigenvalue weighted by Gasteiger charge is -2.17. The summed E-state index contributed by atoms with van der Waals surface area (Å²) in [4.78, 5) is 18.3. The molecule has 1 amide bonds. The molecule has 2 rings (SSSR count). The van der Waals surface area contributed by atoms with E-state index in [0.717, 1.165) is 5.82 Å². The molecular weight excluding hydrogens is 288 g/mol. The van der Waals surface area contributed by atoms with Gasteiger partial charge in [-0.25, -0.2) is 4.98 Å². The number of imidazole rings is 1. The number of hydrogen-bond donors (Lipinski definition) is 2. The van der Waals surface area contributed by atoms with Crippen LogP contribution in [0.4, 0.5) is 10.7 Å². The smallest absolute Gasteiger partial charge is 0.263 e. The number of aromatic nitrogens is 2. The molecule has 2 heterocycles. The van der Waals surface area contributed by atoms with Gasteiger partial charge < -0.3 is 20.5 Å². The molecule has 110 valence electrons. The van der Waals surface area contributed by atoms with E-state index in [0.29, 0.717) is 22.0 Å². The van der Waals surface area contributed by atoms with Crippen molar-refractivity contribution in [3.63, 3.8) is 0 Å². The zero-order valence-corrected chi connectivity index (χ0v) is 12.9. The van der Waals surface area contributed by atoms with Gasteiger partial charge in [-0.15, -0.1) is 11.3 Å². The SMILES string of the molecule is CNC(=O)c1sc(N(C)Cc2nccn2C)c(C#N)c1N. The van der Waals surface area contributed by atoms with Crippen LogP contribution in [0.5, 0.6) is 0 Å². The Hall–Kier alpha value is -2.53. The summed E-state index contributed by atoms with van der Waals surface area (Å²) in [7, 11) is 5.28. The highest BCUT2D eigenvalue weighted by molar-refractivity contribution is 7.19. The summed E-state index contributed by atoms with van der Waals surface area (Å²) < 4.78 is 1.90. The average Bonchev–Trinajstić information content (AvgIpc) is 3.02. The lowest BCUT2D eigenvalue weighted by atomic mass is 10.2. The van der Waals surface area contributed by atoms with Crippen LogP contribution in [0.2, 0.25) is 0 Å². The molecule has 7 nitrogen and oxygen atoms in total. The minimum atomic E-state index is -0.286. The van der Waals surface area contributed by atoms with Crippen molar-refractivity contribution >= 4 is 27.9 Å². The summed E-state index contributed by atoms with van der Waals surface area (Å²) in [5, 5.41) is 12.5. The fourth-order valence-corrected chi connectivity index (χ4v) is 3.00. The number of carbonyl (C=O) groups excluding carboxylic acids is 1. The van der Waals surface area contributed by atoms with E-state index in [1.54, 1.807) is 6.20 Å². The Morgan fingerprint density at radius 3 is 2.90 bits per heavy atom. The highest BCUT2D eigenvalue weighted by atomic mass is 32.1. The van der Waals surface area contributed by atoms with Crippen molar-refractivity contribution in [2.45, 2.75) is 6.54 Å². The molecule has 0 aliphatic carbocycles. The van der Waals surface area contributed by atoms with E-state index in [1.807, 2.05) is 29.8 Å². The number of thiophene rings is 1. The number of nitrogens with zero attached hydrogens (tertiary/aromatic N) is 4. The third-order valence-corrected chi connectivity index (χ3v) is 4.44. The van der Waals surface area contributed by atoms with Gasteiger partial charge in [0.2, 0.25) is 0 Å². The van der Waals surface area contributed by atoms with Gasteiger partial charge in [0.1, 0.15) is 27.3 Å². The van der Waals surface area contributed by atoms with Crippen LogP contribution in [-0.4, -0.2) is 29.6 Å². The first-order chi connectivity index (χ1) is 9.99. The van der Waals surface area contributed by atoms with E-state index in [2.05, 4.69) is 16.4 Å². The zero-order valence-electron chi connectivity index (χ0n) is 12.0. The van der Waals surface area contributed by atoms with Crippen molar-refractivity contribution in [1.82, 2.24) is 14.9 Å². The minimum Gasteiger partial charge on any atom is -0.396 e. The largest absolute Gasteiger partial charge is 0.396 e. The van der Waals surface area contributed by atoms with E-state index in [9.17, 15) is 10.1 Å². The van der Waals surface area contributed by atoms with Gasteiger partial charge >= 0.3 is 0 Å². The van der Waals surface area contributed by atoms with Crippen LogP contribution >= 0.6 is 11.3 Å². The Morgan fingerprint density at radius 1 is 1.67 bits per heavy atom. The second-order valence-electron chi connectivity index (χ2n) is 4.53. The van der Waals surface area contributed by atoms with Crippen molar-refractivity contribution in [2.24, 2.45) is 7.05 Å². The Balaban J connectivity index is 2.37. The van der Waals surface area contributed by atoms with Crippen LogP contribution in [0.15, 0.2) is 12.4 Å². The van der Waals surface area contributed by atoms with Crippen LogP contribution in [-0.2, 0) is 13.6 Å². The molecule has 0 saturated heterocycles. The molecule has 3 N–H and O–H groups in total. The van der Waals surface area contributed by atoms with Gasteiger partial charge in [-0.05, 0) is 0 Å². The minimum absolute atomic E-state index is 0.226. The number of nitrogen functional groups attached to an aromatic ring is 1. The number of amides is 1. The molecule has 0 aliphatic rings. The standard InChI is InChI=1S/C13H16N6OS/c1-16-12(20)11-10(15)8(6-14)13(21-11)19(3)7-9-17-4-5-18(9)2/h4-5H,7,15H2,1-3H3,(H,16,20). The molecule has 0 aliphatic heterocycles. The molecule has 0 radical (unpaired) electrons. The van der Waals surface area contributed by atoms with E-state index >= 15 is 0 Å². The third kappa shape index (κ3) is 2.68. The number of carbonyl (C=O) groups is 1. The number of nitrogens with two attached hydrogens (primary N) is 1. The second kappa shape index (κ2) is 5.85. The van der Waals surface area contributed by atoms with Crippen LogP contribution in [0.3, 0.4) is 0 Å². The van der Waals surface area contributed by atoms with Gasteiger partial charge in [0.25, 0.3) is 5.91 Å². The van der Waals surface area contributed by atoms with Crippen molar-refractivity contribution < 1.29 is 4.79 Å². The molecule has 2 aromatic rings. The summed E-state index contributed by atoms with van der Waals surface area (Å²) >= 11 is 1.21. The van der Waals surface area contributed by atoms with Crippen LogP contribution in [0.1, 0.15) is 21.1 Å². The third-order valence-electron chi connectivity index (χ3n) is 3.12. The number of rotatable bonds is 4. The maximum atomic E-state index is 11.8. The van der Waals surface area contributed by atoms with Crippen LogP contribution in [0, 0.1) is 11.3 Å². The van der Waals surface area contributed by atoms with E-state index < -0.39 is 0 Å². The zero-order chi connectivity index (χ0) is 15.6. The van der Waals surface area contributed by atoms with Gasteiger partial charge in [-0.3, -0.25) is 4.79 Å². The number of aryl methyl sites for hydroxylation is 1. The van der Waals surface area contributed by atoms with Gasteiger partial charge in [0.15, 0.2) is 0 Å². The summed E-state index contributed by atoms with van der Waals surface area (Å²) in [6.45, 7) is 0.519. The fraction of sp³-hybridized carbons (Fsp3) is 0.308. The Bertz CT molecular complexity index is 711. The summed E-state index contributed by atoms with van der Waals surface area (Å²) in [6.07, 6.45) is 3.57. The van der Waals surface area contributed by atoms with Crippen molar-refractivity contribution in [2.75, 3.05) is 24.7 Å². The molecule has 0 saturated carbocycles. The van der Waals surface area contributed by atoms with Gasteiger partial charge in [0.05, 0.1) is 12.2 Å². The average molecular weight is 304 g/mol. The van der Waals surface area contributed by atoms with Crippen molar-refractivity contribution in [3.05, 3.63) is 28.7 Å². The first-order valence-corrected chi connectivity index (χ1v) is 7.03. The number of nitriles is 1. The predicted octanol–water partition coefficient (Wildman–Crippen LogP) is 0.931. The van der Waals surface area contributed by atoms with Crippen LogP contribution < -0.4 is 16.0 Å². The van der Waals surface area contributed by atoms with Gasteiger partial charge in [0, 0.05) is 33.5 Å². The number of anilines is 2. The maximum Gasteiger partial charge on any atom is 0.263 e. The molecule has 0 unspecified atom stereocenters. The Kier molecular flexibility index (Phi) is 4.14. The topological polar surface area (TPSA) is 100.0 Å². The molecule has 0 atom stereocenters. The van der Waals surface area contributed by atoms with Crippen molar-refractivity contribution in [3.8, 4) is 6.07 Å². The molecular formula is C13H16N6OS. The highest BCUT2D eigenvalue weighted by Crippen LogP contribution is 2.37. The lowest BCUT2D eigenvalue weighted by Crippen LogP contribution is -2.18. The summed E-state index contributed by atoms with van der Waals surface area (Å²) in [5.74, 6) is 0.570. The molecule has 0 aromatic carbocycles. The fourth-order valence-electron chi connectivity index (χ4n) is 1.92. The molecule has 0 fully saturated rings. The van der Waals surface area contributed by atoms with Crippen molar-refractivity contribution in [1.29, 1.82) is 5.26 Å². The summed E-state index contributed by atoms with van der Waals surface area (Å²) in [6, 6.07) is 2.07. The normalized spacial score (nSPS) is 10.2. The van der Waals surface area contributed by atoms with E-state index in [4.69, 9.17) is 5.73 Å². The number of hydrogen-bond acceptors (Lipinski definition) is 6. The first-order valence-electron chi connectivity index (χ1n) is 6.21. The molecule has 8 heteroatoms. The molecule has 21 heavy (non-hydrogen) atoms. The maximum absolute atomic E-state index is 11.8. The van der Waals surface area contributed by atoms with Gasteiger partial charge in [-0.1, -0.05) is 0 Å². The molecule has 2 aromatic heterocycles. The Morgan fingerprint density at radius 2 is 2.38 bits per heavy atom. The van der Waals surface area contributed by atoms with Crippen LogP contribution in [0.25, 0.3) is 0 Å². The Labute approximate surface area is 126 Å². The van der Waals surface area contributed by atoms with E-state index in [-0.39, 0.29) is 11.6 Å². The molecule has 0 bridgehead atoms.